The van der Waals surface area contributed by atoms with Crippen LogP contribution in [0.4, 0.5) is 0 Å². The van der Waals surface area contributed by atoms with Gasteiger partial charge in [-0.15, -0.1) is 0 Å². The molecule has 0 aromatic heterocycles. The predicted molar refractivity (Wildman–Crippen MR) is 46.5 cm³/mol. The molecule has 0 N–H and O–H groups in total. The first-order valence-electron chi connectivity index (χ1n) is 3.88. The average Bonchev–Trinajstić information content (AvgIpc) is 2.60. The molecule has 2 aliphatic carbocycles. The minimum absolute atomic E-state index is 0.404. The van der Waals surface area contributed by atoms with E-state index in [-0.39, 0.29) is 0 Å². The maximum absolute atomic E-state index is 2.32. The number of hydrogen-bond acceptors (Lipinski definition) is 0. The Morgan fingerprint density at radius 1 is 0.909 bits per heavy atom. The van der Waals surface area contributed by atoms with E-state index in [9.17, 15) is 0 Å². The topological polar surface area (TPSA) is 0 Å². The fraction of sp³-hybridized carbons (Fsp3) is 0.200. The van der Waals surface area contributed by atoms with Crippen molar-refractivity contribution in [3.05, 3.63) is 44.5 Å². The zero-order valence-electron chi connectivity index (χ0n) is 6.33. The van der Waals surface area contributed by atoms with E-state index in [0.717, 1.165) is 0 Å². The summed E-state index contributed by atoms with van der Waals surface area (Å²) >= 11 is -0.404. The van der Waals surface area contributed by atoms with Crippen molar-refractivity contribution in [3.8, 4) is 0 Å². The van der Waals surface area contributed by atoms with E-state index in [1.54, 1.807) is 8.09 Å². The monoisotopic (exact) mass is 319 g/mol. The minimum atomic E-state index is -0.404. The molecule has 0 spiro atoms. The van der Waals surface area contributed by atoms with Crippen LogP contribution in [-0.2, 0) is 18.0 Å². The van der Waals surface area contributed by atoms with Gasteiger partial charge in [0.1, 0.15) is 0 Å². The summed E-state index contributed by atoms with van der Waals surface area (Å²) < 4.78 is 3.47. The molecule has 0 radical (unpaired) electrons. The van der Waals surface area contributed by atoms with Crippen LogP contribution in [0.25, 0.3) is 0 Å². The molecular formula is C10H12Re. The molecule has 2 aliphatic rings. The van der Waals surface area contributed by atoms with Crippen molar-refractivity contribution in [2.24, 2.45) is 0 Å². The Bertz CT molecular complexity index is 239. The maximum atomic E-state index is 2.32. The second-order valence-electron chi connectivity index (χ2n) is 2.69. The summed E-state index contributed by atoms with van der Waals surface area (Å²) in [5.41, 5.74) is 0. The Labute approximate surface area is 75.5 Å². The van der Waals surface area contributed by atoms with Gasteiger partial charge < -0.3 is 0 Å². The Balaban J connectivity index is 1.91. The second kappa shape index (κ2) is 3.35. The van der Waals surface area contributed by atoms with Crippen LogP contribution in [-0.4, -0.2) is 0 Å². The molecule has 0 unspecified atom stereocenters. The van der Waals surface area contributed by atoms with Gasteiger partial charge >= 0.3 is 75.4 Å². The van der Waals surface area contributed by atoms with Crippen molar-refractivity contribution < 1.29 is 18.0 Å². The molecule has 0 bridgehead atoms. The van der Waals surface area contributed by atoms with Crippen molar-refractivity contribution in [2.45, 2.75) is 12.8 Å². The number of allylic oxidation sites excluding steroid dienone is 8. The van der Waals surface area contributed by atoms with E-state index < -0.39 is 18.0 Å². The molecule has 59 valence electrons. The summed E-state index contributed by atoms with van der Waals surface area (Å²) in [5.74, 6) is 0. The normalized spacial score (nSPS) is 21.1. The molecule has 0 amide bonds. The van der Waals surface area contributed by atoms with Gasteiger partial charge in [-0.2, -0.15) is 0 Å². The summed E-state index contributed by atoms with van der Waals surface area (Å²) in [6.07, 6.45) is 16.0. The quantitative estimate of drug-likeness (QED) is 0.732. The van der Waals surface area contributed by atoms with Gasteiger partial charge in [0.25, 0.3) is 0 Å². The Hall–Kier alpha value is -0.378. The van der Waals surface area contributed by atoms with Crippen molar-refractivity contribution >= 4 is 0 Å². The van der Waals surface area contributed by atoms with Gasteiger partial charge in [-0.1, -0.05) is 0 Å². The zero-order valence-corrected chi connectivity index (χ0v) is 9.54. The molecule has 0 aliphatic heterocycles. The average molecular weight is 318 g/mol. The Morgan fingerprint density at radius 2 is 1.45 bits per heavy atom. The summed E-state index contributed by atoms with van der Waals surface area (Å²) in [7, 11) is 0. The SMILES string of the molecule is C1=CC[C]([ReH2][C]2=CC=CC2)=C1. The summed E-state index contributed by atoms with van der Waals surface area (Å²) in [6, 6.07) is 0. The molecule has 0 saturated carbocycles. The van der Waals surface area contributed by atoms with E-state index >= 15 is 0 Å². The third kappa shape index (κ3) is 1.80. The summed E-state index contributed by atoms with van der Waals surface area (Å²) in [6.45, 7) is 0. The van der Waals surface area contributed by atoms with Crippen molar-refractivity contribution in [2.75, 3.05) is 0 Å². The van der Waals surface area contributed by atoms with Crippen LogP contribution >= 0.6 is 0 Å². The fourth-order valence-electron chi connectivity index (χ4n) is 1.22. The molecule has 0 aromatic rings. The Morgan fingerprint density at radius 3 is 1.82 bits per heavy atom. The van der Waals surface area contributed by atoms with Gasteiger partial charge in [0.2, 0.25) is 0 Å². The van der Waals surface area contributed by atoms with Gasteiger partial charge in [-0.05, 0) is 0 Å². The second-order valence-corrected chi connectivity index (χ2v) is 7.62. The molecule has 0 heterocycles. The van der Waals surface area contributed by atoms with Crippen LogP contribution in [0.15, 0.2) is 44.5 Å². The van der Waals surface area contributed by atoms with Gasteiger partial charge in [0, 0.05) is 0 Å². The third-order valence-electron chi connectivity index (χ3n) is 1.79. The third-order valence-corrected chi connectivity index (χ3v) is 6.24. The standard InChI is InChI=1S/2C5H5.Re.2H/c2*1-2-4-5-3-1;;;/h2*1-3H,4H2;;;. The van der Waals surface area contributed by atoms with E-state index in [2.05, 4.69) is 36.5 Å². The van der Waals surface area contributed by atoms with Crippen LogP contribution in [0, 0.1) is 0 Å². The van der Waals surface area contributed by atoms with Crippen molar-refractivity contribution in [1.82, 2.24) is 0 Å². The van der Waals surface area contributed by atoms with Crippen LogP contribution in [0.2, 0.25) is 0 Å². The fourth-order valence-corrected chi connectivity index (χ4v) is 5.11. The van der Waals surface area contributed by atoms with E-state index in [1.165, 1.54) is 12.8 Å². The zero-order chi connectivity index (χ0) is 7.52. The van der Waals surface area contributed by atoms with Gasteiger partial charge in [-0.3, -0.25) is 0 Å². The molecule has 11 heavy (non-hydrogen) atoms. The first-order chi connectivity index (χ1) is 5.45. The Kier molecular flexibility index (Phi) is 2.21. The molecular weight excluding hydrogens is 306 g/mol. The summed E-state index contributed by atoms with van der Waals surface area (Å²) in [4.78, 5) is 0. The first kappa shape index (κ1) is 7.28. The van der Waals surface area contributed by atoms with E-state index in [4.69, 9.17) is 0 Å². The number of hydrogen-bond donors (Lipinski definition) is 0. The van der Waals surface area contributed by atoms with Crippen molar-refractivity contribution in [1.29, 1.82) is 0 Å². The molecule has 0 fully saturated rings. The van der Waals surface area contributed by atoms with Crippen LogP contribution in [0.3, 0.4) is 0 Å². The van der Waals surface area contributed by atoms with Gasteiger partial charge in [0.05, 0.1) is 0 Å². The van der Waals surface area contributed by atoms with Gasteiger partial charge in [0.15, 0.2) is 0 Å². The van der Waals surface area contributed by atoms with E-state index in [1.807, 2.05) is 0 Å². The summed E-state index contributed by atoms with van der Waals surface area (Å²) in [5, 5.41) is 0. The predicted octanol–water partition coefficient (Wildman–Crippen LogP) is 2.22. The van der Waals surface area contributed by atoms with Crippen LogP contribution in [0.1, 0.15) is 12.8 Å². The molecule has 0 aromatic carbocycles. The molecule has 0 nitrogen and oxygen atoms in total. The van der Waals surface area contributed by atoms with Gasteiger partial charge in [-0.25, -0.2) is 0 Å². The van der Waals surface area contributed by atoms with Crippen molar-refractivity contribution in [3.63, 3.8) is 0 Å². The van der Waals surface area contributed by atoms with Crippen LogP contribution < -0.4 is 0 Å². The molecule has 2 rings (SSSR count). The first-order valence-corrected chi connectivity index (χ1v) is 7.09. The van der Waals surface area contributed by atoms with Crippen LogP contribution in [0.5, 0.6) is 0 Å². The molecule has 0 saturated heterocycles. The van der Waals surface area contributed by atoms with E-state index in [0.29, 0.717) is 0 Å². The molecule has 0 atom stereocenters. The number of rotatable bonds is 2. The molecule has 1 heteroatoms.